The van der Waals surface area contributed by atoms with E-state index in [1.54, 1.807) is 0 Å². The molecule has 1 aliphatic carbocycles. The van der Waals surface area contributed by atoms with Gasteiger partial charge in [0.25, 0.3) is 0 Å². The van der Waals surface area contributed by atoms with Gasteiger partial charge >= 0.3 is 0 Å². The number of guanidine groups is 1. The lowest BCUT2D eigenvalue weighted by Crippen LogP contribution is -2.43. The van der Waals surface area contributed by atoms with E-state index in [1.807, 2.05) is 19.3 Å². The van der Waals surface area contributed by atoms with Gasteiger partial charge in [-0.15, -0.1) is 24.0 Å². The van der Waals surface area contributed by atoms with Crippen LogP contribution in [0.4, 0.5) is 0 Å². The number of benzene rings is 1. The van der Waals surface area contributed by atoms with E-state index in [9.17, 15) is 0 Å². The summed E-state index contributed by atoms with van der Waals surface area (Å²) in [5.41, 5.74) is 2.26. The number of pyridine rings is 1. The second-order valence-corrected chi connectivity index (χ2v) is 5.90. The summed E-state index contributed by atoms with van der Waals surface area (Å²) in [6, 6.07) is 10.9. The maximum atomic E-state index is 4.50. The van der Waals surface area contributed by atoms with Gasteiger partial charge in [-0.3, -0.25) is 9.98 Å². The van der Waals surface area contributed by atoms with E-state index in [1.165, 1.54) is 43.1 Å². The van der Waals surface area contributed by atoms with Crippen molar-refractivity contribution in [3.05, 3.63) is 42.1 Å². The molecule has 0 atom stereocenters. The van der Waals surface area contributed by atoms with E-state index >= 15 is 0 Å². The summed E-state index contributed by atoms with van der Waals surface area (Å²) in [5, 5.41) is 8.14. The number of hydrogen-bond donors (Lipinski definition) is 2. The molecule has 0 spiro atoms. The molecule has 1 aliphatic rings. The van der Waals surface area contributed by atoms with Crippen molar-refractivity contribution >= 4 is 40.8 Å². The summed E-state index contributed by atoms with van der Waals surface area (Å²) in [4.78, 5) is 8.85. The Kier molecular flexibility index (Phi) is 7.08. The minimum absolute atomic E-state index is 0. The first-order valence-electron chi connectivity index (χ1n) is 8.16. The summed E-state index contributed by atoms with van der Waals surface area (Å²) in [6.45, 7) is 0.737. The van der Waals surface area contributed by atoms with Crippen LogP contribution in [0, 0.1) is 0 Å². The van der Waals surface area contributed by atoms with Crippen molar-refractivity contribution in [2.45, 2.75) is 44.7 Å². The predicted octanol–water partition coefficient (Wildman–Crippen LogP) is 3.85. The van der Waals surface area contributed by atoms with Gasteiger partial charge in [0.2, 0.25) is 0 Å². The fourth-order valence-corrected chi connectivity index (χ4v) is 3.12. The second-order valence-electron chi connectivity index (χ2n) is 5.90. The zero-order valence-electron chi connectivity index (χ0n) is 13.6. The Labute approximate surface area is 155 Å². The summed E-state index contributed by atoms with van der Waals surface area (Å²) in [7, 11) is 1.83. The van der Waals surface area contributed by atoms with Gasteiger partial charge in [0.15, 0.2) is 5.96 Å². The van der Waals surface area contributed by atoms with Crippen molar-refractivity contribution in [3.63, 3.8) is 0 Å². The second kappa shape index (κ2) is 9.05. The highest BCUT2D eigenvalue weighted by Crippen LogP contribution is 2.18. The van der Waals surface area contributed by atoms with Crippen molar-refractivity contribution < 1.29 is 0 Å². The van der Waals surface area contributed by atoms with Crippen LogP contribution in [0.15, 0.2) is 41.5 Å². The Hall–Kier alpha value is -1.37. The topological polar surface area (TPSA) is 49.3 Å². The molecule has 1 heterocycles. The molecule has 4 nitrogen and oxygen atoms in total. The van der Waals surface area contributed by atoms with Gasteiger partial charge in [-0.1, -0.05) is 43.5 Å². The van der Waals surface area contributed by atoms with Crippen LogP contribution in [0.1, 0.15) is 37.7 Å². The number of fused-ring (bicyclic) bond motifs is 1. The molecule has 3 rings (SSSR count). The lowest BCUT2D eigenvalue weighted by atomic mass is 9.96. The molecule has 124 valence electrons. The van der Waals surface area contributed by atoms with E-state index in [0.717, 1.165) is 18.0 Å². The van der Waals surface area contributed by atoms with Gasteiger partial charge in [0.05, 0.1) is 5.52 Å². The standard InChI is InChI=1S/C18H24N4.HI/c1-19-18(22-16-10-3-2-4-11-16)21-13-15-8-5-7-14-9-6-12-20-17(14)15;/h5-9,12,16H,2-4,10-11,13H2,1H3,(H2,19,21,22);1H. The number of halogens is 1. The van der Waals surface area contributed by atoms with Crippen LogP contribution in [0.3, 0.4) is 0 Å². The molecular weight excluding hydrogens is 399 g/mol. The lowest BCUT2D eigenvalue weighted by molar-refractivity contribution is 0.410. The Balaban J connectivity index is 0.00000192. The van der Waals surface area contributed by atoms with Crippen LogP contribution in [0.2, 0.25) is 0 Å². The van der Waals surface area contributed by atoms with E-state index < -0.39 is 0 Å². The monoisotopic (exact) mass is 424 g/mol. The molecule has 1 aromatic heterocycles. The maximum absolute atomic E-state index is 4.50. The summed E-state index contributed by atoms with van der Waals surface area (Å²) >= 11 is 0. The number of nitrogens with zero attached hydrogens (tertiary/aromatic N) is 2. The van der Waals surface area contributed by atoms with E-state index in [-0.39, 0.29) is 24.0 Å². The van der Waals surface area contributed by atoms with Gasteiger partial charge < -0.3 is 10.6 Å². The summed E-state index contributed by atoms with van der Waals surface area (Å²) < 4.78 is 0. The third-order valence-electron chi connectivity index (χ3n) is 4.33. The molecule has 0 bridgehead atoms. The van der Waals surface area contributed by atoms with E-state index in [2.05, 4.69) is 44.9 Å². The Morgan fingerprint density at radius 2 is 1.96 bits per heavy atom. The first-order valence-corrected chi connectivity index (χ1v) is 8.16. The van der Waals surface area contributed by atoms with Crippen LogP contribution < -0.4 is 10.6 Å². The van der Waals surface area contributed by atoms with Crippen molar-refractivity contribution in [3.8, 4) is 0 Å². The number of aromatic nitrogens is 1. The molecule has 0 saturated heterocycles. The molecule has 0 radical (unpaired) electrons. The fraction of sp³-hybridized carbons (Fsp3) is 0.444. The van der Waals surface area contributed by atoms with Crippen LogP contribution in [0.25, 0.3) is 10.9 Å². The Morgan fingerprint density at radius 3 is 2.74 bits per heavy atom. The zero-order valence-corrected chi connectivity index (χ0v) is 15.9. The SMILES string of the molecule is CN=C(NCc1cccc2cccnc12)NC1CCCCC1.I. The minimum atomic E-state index is 0. The molecule has 2 N–H and O–H groups in total. The molecule has 2 aromatic rings. The van der Waals surface area contributed by atoms with Gasteiger partial charge in [0, 0.05) is 31.2 Å². The largest absolute Gasteiger partial charge is 0.354 e. The minimum Gasteiger partial charge on any atom is -0.354 e. The van der Waals surface area contributed by atoms with Crippen LogP contribution >= 0.6 is 24.0 Å². The molecular formula is C18H25IN4. The molecule has 23 heavy (non-hydrogen) atoms. The summed E-state index contributed by atoms with van der Waals surface area (Å²) in [5.74, 6) is 0.889. The van der Waals surface area contributed by atoms with Crippen molar-refractivity contribution in [2.24, 2.45) is 4.99 Å². The average molecular weight is 424 g/mol. The molecule has 0 unspecified atom stereocenters. The quantitative estimate of drug-likeness (QED) is 0.447. The average Bonchev–Trinajstić information content (AvgIpc) is 2.59. The van der Waals surface area contributed by atoms with Crippen LogP contribution in [-0.4, -0.2) is 24.0 Å². The van der Waals surface area contributed by atoms with Crippen LogP contribution in [0.5, 0.6) is 0 Å². The number of para-hydroxylation sites is 1. The fourth-order valence-electron chi connectivity index (χ4n) is 3.12. The van der Waals surface area contributed by atoms with E-state index in [4.69, 9.17) is 0 Å². The summed E-state index contributed by atoms with van der Waals surface area (Å²) in [6.07, 6.45) is 8.35. The van der Waals surface area contributed by atoms with Gasteiger partial charge in [0.1, 0.15) is 0 Å². The van der Waals surface area contributed by atoms with E-state index in [0.29, 0.717) is 6.04 Å². The molecule has 1 aromatic carbocycles. The van der Waals surface area contributed by atoms with Crippen LogP contribution in [-0.2, 0) is 6.54 Å². The molecule has 0 aliphatic heterocycles. The van der Waals surface area contributed by atoms with Gasteiger partial charge in [-0.2, -0.15) is 0 Å². The molecule has 0 amide bonds. The van der Waals surface area contributed by atoms with Gasteiger partial charge in [-0.25, -0.2) is 0 Å². The van der Waals surface area contributed by atoms with Crippen molar-refractivity contribution in [1.29, 1.82) is 0 Å². The highest BCUT2D eigenvalue weighted by Gasteiger charge is 2.14. The first kappa shape index (κ1) is 18.0. The number of rotatable bonds is 3. The first-order chi connectivity index (χ1) is 10.9. The maximum Gasteiger partial charge on any atom is 0.191 e. The number of nitrogens with one attached hydrogen (secondary N) is 2. The third kappa shape index (κ3) is 4.80. The lowest BCUT2D eigenvalue weighted by Gasteiger charge is -2.25. The smallest absolute Gasteiger partial charge is 0.191 e. The Bertz CT molecular complexity index is 645. The molecule has 1 saturated carbocycles. The number of aliphatic imine (C=N–C) groups is 1. The van der Waals surface area contributed by atoms with Crippen molar-refractivity contribution in [2.75, 3.05) is 7.05 Å². The number of hydrogen-bond acceptors (Lipinski definition) is 2. The van der Waals surface area contributed by atoms with Crippen molar-refractivity contribution in [1.82, 2.24) is 15.6 Å². The Morgan fingerprint density at radius 1 is 1.17 bits per heavy atom. The predicted molar refractivity (Wildman–Crippen MR) is 107 cm³/mol. The zero-order chi connectivity index (χ0) is 15.2. The highest BCUT2D eigenvalue weighted by atomic mass is 127. The normalized spacial score (nSPS) is 16.0. The molecule has 5 heteroatoms. The highest BCUT2D eigenvalue weighted by molar-refractivity contribution is 14.0. The van der Waals surface area contributed by atoms with Gasteiger partial charge in [-0.05, 0) is 24.5 Å². The molecule has 1 fully saturated rings. The third-order valence-corrected chi connectivity index (χ3v) is 4.33.